The molecule has 0 atom stereocenters. The van der Waals surface area contributed by atoms with Gasteiger partial charge in [0.05, 0.1) is 7.11 Å². The maximum Gasteiger partial charge on any atom is 0.492 e. The molecular weight excluding hydrogens is 190 g/mol. The predicted octanol–water partition coefficient (Wildman–Crippen LogP) is 0.337. The second-order valence-electron chi connectivity index (χ2n) is 2.72. The molecule has 1 aromatic rings. The first-order valence-electron chi connectivity index (χ1n) is 3.76. The van der Waals surface area contributed by atoms with Crippen LogP contribution >= 0.6 is 11.6 Å². The smallest absolute Gasteiger partial charge is 0.492 e. The van der Waals surface area contributed by atoms with Gasteiger partial charge in [-0.1, -0.05) is 11.6 Å². The number of benzene rings is 1. The summed E-state index contributed by atoms with van der Waals surface area (Å²) in [6.07, 6.45) is 0. The second-order valence-corrected chi connectivity index (χ2v) is 3.12. The molecule has 0 spiro atoms. The zero-order valence-electron chi connectivity index (χ0n) is 7.41. The van der Waals surface area contributed by atoms with Gasteiger partial charge in [-0.15, -0.1) is 0 Å². The van der Waals surface area contributed by atoms with Crippen molar-refractivity contribution < 1.29 is 14.8 Å². The minimum Gasteiger partial charge on any atom is -0.497 e. The Balaban J connectivity index is 3.25. The van der Waals surface area contributed by atoms with E-state index >= 15 is 0 Å². The van der Waals surface area contributed by atoms with Crippen molar-refractivity contribution in [1.82, 2.24) is 0 Å². The lowest BCUT2D eigenvalue weighted by atomic mass is 9.79. The quantitative estimate of drug-likeness (QED) is 0.677. The molecule has 3 nitrogen and oxygen atoms in total. The Bertz CT molecular complexity index is 315. The fraction of sp³-hybridized carbons (Fsp3) is 0.250. The van der Waals surface area contributed by atoms with E-state index in [0.717, 1.165) is 5.56 Å². The molecule has 0 saturated heterocycles. The molecule has 13 heavy (non-hydrogen) atoms. The summed E-state index contributed by atoms with van der Waals surface area (Å²) in [7, 11) is -0.0952. The van der Waals surface area contributed by atoms with E-state index in [1.54, 1.807) is 6.07 Å². The number of ether oxygens (including phenoxy) is 1. The summed E-state index contributed by atoms with van der Waals surface area (Å²) in [5, 5.41) is 18.4. The Morgan fingerprint density at radius 1 is 1.38 bits per heavy atom. The third-order valence-corrected chi connectivity index (χ3v) is 2.20. The lowest BCUT2D eigenvalue weighted by molar-refractivity contribution is 0.403. The van der Waals surface area contributed by atoms with Gasteiger partial charge in [-0.05, 0) is 24.6 Å². The molecule has 2 N–H and O–H groups in total. The Morgan fingerprint density at radius 2 is 2.00 bits per heavy atom. The van der Waals surface area contributed by atoms with Crippen LogP contribution in [0.2, 0.25) is 5.02 Å². The molecular formula is C8H10BClO3. The van der Waals surface area contributed by atoms with E-state index in [0.29, 0.717) is 10.8 Å². The van der Waals surface area contributed by atoms with E-state index in [4.69, 9.17) is 26.4 Å². The minimum absolute atomic E-state index is 0.276. The largest absolute Gasteiger partial charge is 0.497 e. The number of aryl methyl sites for hydroxylation is 1. The Hall–Kier alpha value is -0.705. The first kappa shape index (κ1) is 10.4. The van der Waals surface area contributed by atoms with Crippen LogP contribution in [0.5, 0.6) is 5.75 Å². The van der Waals surface area contributed by atoms with Crippen molar-refractivity contribution in [2.24, 2.45) is 0 Å². The first-order chi connectivity index (χ1) is 6.06. The van der Waals surface area contributed by atoms with Crippen LogP contribution in [-0.2, 0) is 0 Å². The predicted molar refractivity (Wildman–Crippen MR) is 52.6 cm³/mol. The highest BCUT2D eigenvalue weighted by Gasteiger charge is 2.18. The molecule has 0 aliphatic carbocycles. The van der Waals surface area contributed by atoms with Gasteiger partial charge in [-0.2, -0.15) is 0 Å². The molecule has 1 aromatic carbocycles. The summed E-state index contributed by atoms with van der Waals surface area (Å²) >= 11 is 5.81. The maximum atomic E-state index is 8.97. The van der Waals surface area contributed by atoms with E-state index in [2.05, 4.69) is 0 Å². The molecule has 70 valence electrons. The van der Waals surface area contributed by atoms with E-state index in [9.17, 15) is 0 Å². The summed E-state index contributed by atoms with van der Waals surface area (Å²) in [5.41, 5.74) is 1.11. The molecule has 0 unspecified atom stereocenters. The lowest BCUT2D eigenvalue weighted by Crippen LogP contribution is -2.31. The highest BCUT2D eigenvalue weighted by atomic mass is 35.5. The number of hydrogen-bond acceptors (Lipinski definition) is 3. The van der Waals surface area contributed by atoms with Gasteiger partial charge >= 0.3 is 7.12 Å². The van der Waals surface area contributed by atoms with Crippen molar-refractivity contribution in [2.75, 3.05) is 7.11 Å². The van der Waals surface area contributed by atoms with Crippen molar-refractivity contribution in [3.63, 3.8) is 0 Å². The molecule has 0 amide bonds. The normalized spacial score (nSPS) is 9.92. The Kier molecular flexibility index (Phi) is 3.19. The van der Waals surface area contributed by atoms with Crippen molar-refractivity contribution in [1.29, 1.82) is 0 Å². The maximum absolute atomic E-state index is 8.97. The molecule has 0 bridgehead atoms. The summed E-state index contributed by atoms with van der Waals surface area (Å²) in [6, 6.07) is 3.15. The van der Waals surface area contributed by atoms with Gasteiger partial charge in [-0.3, -0.25) is 0 Å². The number of rotatable bonds is 2. The Morgan fingerprint density at radius 3 is 2.46 bits per heavy atom. The van der Waals surface area contributed by atoms with Crippen molar-refractivity contribution in [3.05, 3.63) is 22.7 Å². The average molecular weight is 200 g/mol. The van der Waals surface area contributed by atoms with Crippen LogP contribution in [0, 0.1) is 6.92 Å². The third-order valence-electron chi connectivity index (χ3n) is 1.79. The number of hydrogen-bond donors (Lipinski definition) is 2. The van der Waals surface area contributed by atoms with Gasteiger partial charge in [0.25, 0.3) is 0 Å². The number of halogens is 1. The van der Waals surface area contributed by atoms with Gasteiger partial charge < -0.3 is 14.8 Å². The Labute approximate surface area is 82.1 Å². The SMILES string of the molecule is COc1cc(C)c(Cl)cc1B(O)O. The van der Waals surface area contributed by atoms with Crippen LogP contribution in [0.15, 0.2) is 12.1 Å². The molecule has 0 aliphatic rings. The average Bonchev–Trinajstić information content (AvgIpc) is 2.08. The molecule has 0 radical (unpaired) electrons. The summed E-state index contributed by atoms with van der Waals surface area (Å²) in [6.45, 7) is 1.82. The van der Waals surface area contributed by atoms with Crippen molar-refractivity contribution >= 4 is 24.2 Å². The summed E-state index contributed by atoms with van der Waals surface area (Å²) < 4.78 is 4.96. The summed E-state index contributed by atoms with van der Waals surface area (Å²) in [5.74, 6) is 0.428. The fourth-order valence-corrected chi connectivity index (χ4v) is 1.22. The zero-order valence-corrected chi connectivity index (χ0v) is 8.17. The highest BCUT2D eigenvalue weighted by Crippen LogP contribution is 2.19. The molecule has 0 heterocycles. The zero-order chi connectivity index (χ0) is 10.0. The van der Waals surface area contributed by atoms with E-state index in [1.807, 2.05) is 6.92 Å². The van der Waals surface area contributed by atoms with E-state index in [1.165, 1.54) is 13.2 Å². The van der Waals surface area contributed by atoms with Gasteiger partial charge in [0.15, 0.2) is 0 Å². The lowest BCUT2D eigenvalue weighted by Gasteiger charge is -2.09. The fourth-order valence-electron chi connectivity index (χ4n) is 1.05. The first-order valence-corrected chi connectivity index (χ1v) is 4.14. The molecule has 1 rings (SSSR count). The third kappa shape index (κ3) is 2.15. The van der Waals surface area contributed by atoms with Crippen LogP contribution in [0.1, 0.15) is 5.56 Å². The van der Waals surface area contributed by atoms with Gasteiger partial charge in [0.2, 0.25) is 0 Å². The van der Waals surface area contributed by atoms with E-state index in [-0.39, 0.29) is 5.46 Å². The van der Waals surface area contributed by atoms with Crippen LogP contribution in [0.3, 0.4) is 0 Å². The number of methoxy groups -OCH3 is 1. The van der Waals surface area contributed by atoms with Crippen LogP contribution in [0.4, 0.5) is 0 Å². The van der Waals surface area contributed by atoms with Gasteiger partial charge in [-0.25, -0.2) is 0 Å². The molecule has 0 fully saturated rings. The monoisotopic (exact) mass is 200 g/mol. The van der Waals surface area contributed by atoms with Gasteiger partial charge in [0, 0.05) is 10.5 Å². The second kappa shape index (κ2) is 4.00. The van der Waals surface area contributed by atoms with Gasteiger partial charge in [0.1, 0.15) is 5.75 Å². The topological polar surface area (TPSA) is 49.7 Å². The van der Waals surface area contributed by atoms with E-state index < -0.39 is 7.12 Å². The highest BCUT2D eigenvalue weighted by molar-refractivity contribution is 6.60. The van der Waals surface area contributed by atoms with Crippen LogP contribution in [0.25, 0.3) is 0 Å². The van der Waals surface area contributed by atoms with Crippen molar-refractivity contribution in [2.45, 2.75) is 6.92 Å². The summed E-state index contributed by atoms with van der Waals surface area (Å²) in [4.78, 5) is 0. The van der Waals surface area contributed by atoms with Crippen LogP contribution < -0.4 is 10.2 Å². The molecule has 0 aliphatic heterocycles. The molecule has 0 saturated carbocycles. The molecule has 5 heteroatoms. The van der Waals surface area contributed by atoms with Crippen LogP contribution in [-0.4, -0.2) is 24.3 Å². The van der Waals surface area contributed by atoms with Crippen molar-refractivity contribution in [3.8, 4) is 5.75 Å². The standard InChI is InChI=1S/C8H10BClO3/c1-5-3-8(13-2)6(9(11)12)4-7(5)10/h3-4,11-12H,1-2H3. The molecule has 0 aromatic heterocycles. The minimum atomic E-state index is -1.56.